The van der Waals surface area contributed by atoms with E-state index in [0.29, 0.717) is 0 Å². The standard InChI is InChI=1S/C9H11NO3S.C3H3NS/c1-13-9-4-2-8(3-5-9)6-7-14(10,11)12;1-2-5-3-4-1/h2-7H,1H3,(H2,10,11,12);1-3H. The number of aromatic nitrogens is 1. The molecule has 0 atom stereocenters. The summed E-state index contributed by atoms with van der Waals surface area (Å²) in [5, 5.41) is 7.68. The summed E-state index contributed by atoms with van der Waals surface area (Å²) in [7, 11) is -1.99. The number of thiazole rings is 1. The number of ether oxygens (including phenoxy) is 1. The topological polar surface area (TPSA) is 82.3 Å². The minimum Gasteiger partial charge on any atom is -0.497 e. The Morgan fingerprint density at radius 1 is 1.32 bits per heavy atom. The molecule has 0 fully saturated rings. The van der Waals surface area contributed by atoms with Gasteiger partial charge in [-0.25, -0.2) is 13.6 Å². The average Bonchev–Trinajstić information content (AvgIpc) is 2.95. The van der Waals surface area contributed by atoms with Crippen molar-refractivity contribution < 1.29 is 13.2 Å². The molecule has 1 aromatic carbocycles. The minimum atomic E-state index is -3.55. The summed E-state index contributed by atoms with van der Waals surface area (Å²) in [6.07, 6.45) is 3.19. The molecule has 2 N–H and O–H groups in total. The van der Waals surface area contributed by atoms with Crippen molar-refractivity contribution in [3.8, 4) is 5.75 Å². The third-order valence-electron chi connectivity index (χ3n) is 1.91. The van der Waals surface area contributed by atoms with E-state index < -0.39 is 10.0 Å². The highest BCUT2D eigenvalue weighted by Crippen LogP contribution is 2.12. The molecular weight excluding hydrogens is 284 g/mol. The van der Waals surface area contributed by atoms with Crippen LogP contribution in [0.3, 0.4) is 0 Å². The van der Waals surface area contributed by atoms with Crippen LogP contribution in [0.15, 0.2) is 46.8 Å². The molecule has 2 rings (SSSR count). The van der Waals surface area contributed by atoms with Crippen LogP contribution < -0.4 is 9.88 Å². The smallest absolute Gasteiger partial charge is 0.231 e. The molecule has 7 heteroatoms. The van der Waals surface area contributed by atoms with Gasteiger partial charge in [0.05, 0.1) is 12.6 Å². The lowest BCUT2D eigenvalue weighted by atomic mass is 10.2. The maximum atomic E-state index is 10.6. The summed E-state index contributed by atoms with van der Waals surface area (Å²) < 4.78 is 26.1. The van der Waals surface area contributed by atoms with Gasteiger partial charge in [-0.05, 0) is 23.8 Å². The fourth-order valence-electron chi connectivity index (χ4n) is 1.06. The molecule has 0 saturated carbocycles. The zero-order chi connectivity index (χ0) is 14.1. The Bertz CT molecular complexity index is 573. The van der Waals surface area contributed by atoms with Crippen molar-refractivity contribution in [2.24, 2.45) is 5.14 Å². The van der Waals surface area contributed by atoms with Crippen molar-refractivity contribution in [2.45, 2.75) is 0 Å². The molecule has 102 valence electrons. The van der Waals surface area contributed by atoms with Gasteiger partial charge < -0.3 is 4.74 Å². The van der Waals surface area contributed by atoms with Gasteiger partial charge in [0.15, 0.2) is 0 Å². The van der Waals surface area contributed by atoms with Crippen molar-refractivity contribution in [1.29, 1.82) is 0 Å². The van der Waals surface area contributed by atoms with E-state index in [1.54, 1.807) is 54.4 Å². The van der Waals surface area contributed by atoms with E-state index in [0.717, 1.165) is 16.7 Å². The SMILES string of the molecule is COc1ccc(C=CS(N)(=O)=O)cc1.c1cscn1. The first-order valence-corrected chi connectivity index (χ1v) is 7.73. The van der Waals surface area contributed by atoms with Crippen LogP contribution >= 0.6 is 11.3 Å². The molecule has 0 saturated heterocycles. The highest BCUT2D eigenvalue weighted by atomic mass is 32.2. The van der Waals surface area contributed by atoms with Crippen LogP contribution in [-0.4, -0.2) is 20.5 Å². The summed E-state index contributed by atoms with van der Waals surface area (Å²) in [4.78, 5) is 3.74. The molecule has 0 radical (unpaired) electrons. The number of nitrogens with two attached hydrogens (primary N) is 1. The van der Waals surface area contributed by atoms with Gasteiger partial charge in [0.2, 0.25) is 10.0 Å². The Morgan fingerprint density at radius 2 is 2.00 bits per heavy atom. The van der Waals surface area contributed by atoms with Crippen LogP contribution in [0, 0.1) is 0 Å². The van der Waals surface area contributed by atoms with E-state index in [1.165, 1.54) is 6.08 Å². The van der Waals surface area contributed by atoms with Gasteiger partial charge in [0.25, 0.3) is 0 Å². The van der Waals surface area contributed by atoms with E-state index in [9.17, 15) is 8.42 Å². The first-order chi connectivity index (χ1) is 9.01. The van der Waals surface area contributed by atoms with E-state index in [-0.39, 0.29) is 0 Å². The van der Waals surface area contributed by atoms with Gasteiger partial charge in [-0.3, -0.25) is 4.98 Å². The molecular formula is C12H14N2O3S2. The molecule has 0 aliphatic carbocycles. The quantitative estimate of drug-likeness (QED) is 0.940. The molecule has 0 spiro atoms. The monoisotopic (exact) mass is 298 g/mol. The highest BCUT2D eigenvalue weighted by molar-refractivity contribution is 7.92. The summed E-state index contributed by atoms with van der Waals surface area (Å²) in [5.74, 6) is 0.720. The first-order valence-electron chi connectivity index (χ1n) is 5.18. The summed E-state index contributed by atoms with van der Waals surface area (Å²) in [5.41, 5.74) is 2.54. The summed E-state index contributed by atoms with van der Waals surface area (Å²) in [6.45, 7) is 0. The Labute approximate surface area is 116 Å². The Morgan fingerprint density at radius 3 is 2.37 bits per heavy atom. The molecule has 1 heterocycles. The number of primary sulfonamides is 1. The Kier molecular flexibility index (Phi) is 6.20. The van der Waals surface area contributed by atoms with Crippen molar-refractivity contribution in [3.63, 3.8) is 0 Å². The molecule has 0 unspecified atom stereocenters. The molecule has 0 bridgehead atoms. The van der Waals surface area contributed by atoms with E-state index in [1.807, 2.05) is 5.38 Å². The second-order valence-electron chi connectivity index (χ2n) is 3.34. The zero-order valence-corrected chi connectivity index (χ0v) is 11.9. The van der Waals surface area contributed by atoms with Crippen molar-refractivity contribution in [2.75, 3.05) is 7.11 Å². The molecule has 19 heavy (non-hydrogen) atoms. The lowest BCUT2D eigenvalue weighted by Crippen LogP contribution is -2.06. The Balaban J connectivity index is 0.000000300. The largest absolute Gasteiger partial charge is 0.497 e. The summed E-state index contributed by atoms with van der Waals surface area (Å²) in [6, 6.07) is 6.95. The minimum absolute atomic E-state index is 0.720. The van der Waals surface area contributed by atoms with E-state index >= 15 is 0 Å². The number of hydrogen-bond acceptors (Lipinski definition) is 5. The van der Waals surface area contributed by atoms with Crippen LogP contribution in [0.2, 0.25) is 0 Å². The second-order valence-corrected chi connectivity index (χ2v) is 5.55. The van der Waals surface area contributed by atoms with Crippen LogP contribution in [0.5, 0.6) is 5.75 Å². The second kappa shape index (κ2) is 7.67. The fraction of sp³-hybridized carbons (Fsp3) is 0.0833. The van der Waals surface area contributed by atoms with E-state index in [2.05, 4.69) is 4.98 Å². The molecule has 0 aliphatic heterocycles. The summed E-state index contributed by atoms with van der Waals surface area (Å²) >= 11 is 1.60. The third-order valence-corrected chi connectivity index (χ3v) is 2.95. The predicted molar refractivity (Wildman–Crippen MR) is 77.2 cm³/mol. The van der Waals surface area contributed by atoms with Crippen LogP contribution in [0.4, 0.5) is 0 Å². The zero-order valence-electron chi connectivity index (χ0n) is 10.3. The average molecular weight is 298 g/mol. The van der Waals surface area contributed by atoms with Crippen LogP contribution in [0.1, 0.15) is 5.56 Å². The Hall–Kier alpha value is -1.70. The molecule has 0 amide bonds. The van der Waals surface area contributed by atoms with Gasteiger partial charge in [0, 0.05) is 17.0 Å². The number of nitrogens with zero attached hydrogens (tertiary/aromatic N) is 1. The van der Waals surface area contributed by atoms with E-state index in [4.69, 9.17) is 9.88 Å². The number of benzene rings is 1. The molecule has 1 aromatic heterocycles. The maximum absolute atomic E-state index is 10.6. The van der Waals surface area contributed by atoms with Crippen molar-refractivity contribution >= 4 is 27.4 Å². The van der Waals surface area contributed by atoms with Crippen LogP contribution in [0.25, 0.3) is 6.08 Å². The number of methoxy groups -OCH3 is 1. The van der Waals surface area contributed by atoms with Gasteiger partial charge in [-0.15, -0.1) is 11.3 Å². The van der Waals surface area contributed by atoms with Gasteiger partial charge in [-0.2, -0.15) is 0 Å². The lowest BCUT2D eigenvalue weighted by molar-refractivity contribution is 0.415. The van der Waals surface area contributed by atoms with Gasteiger partial charge >= 0.3 is 0 Å². The number of rotatable bonds is 3. The predicted octanol–water partition coefficient (Wildman–Crippen LogP) is 2.10. The molecule has 0 aliphatic rings. The third kappa shape index (κ3) is 7.35. The van der Waals surface area contributed by atoms with Gasteiger partial charge in [-0.1, -0.05) is 12.1 Å². The fourth-order valence-corrected chi connectivity index (χ4v) is 1.76. The van der Waals surface area contributed by atoms with Crippen molar-refractivity contribution in [3.05, 3.63) is 52.3 Å². The number of sulfonamides is 1. The first kappa shape index (κ1) is 15.4. The normalized spacial score (nSPS) is 10.8. The molecule has 5 nitrogen and oxygen atoms in total. The van der Waals surface area contributed by atoms with Gasteiger partial charge in [0.1, 0.15) is 5.75 Å². The lowest BCUT2D eigenvalue weighted by Gasteiger charge is -1.98. The maximum Gasteiger partial charge on any atom is 0.231 e. The number of hydrogen-bond donors (Lipinski definition) is 1. The van der Waals surface area contributed by atoms with Crippen LogP contribution in [-0.2, 0) is 10.0 Å². The van der Waals surface area contributed by atoms with Crippen molar-refractivity contribution in [1.82, 2.24) is 4.98 Å². The molecule has 2 aromatic rings. The highest BCUT2D eigenvalue weighted by Gasteiger charge is 1.94.